The van der Waals surface area contributed by atoms with Crippen LogP contribution in [0.5, 0.6) is 0 Å². The lowest BCUT2D eigenvalue weighted by molar-refractivity contribution is 0.0984. The molecule has 9 heteroatoms. The predicted molar refractivity (Wildman–Crippen MR) is 80.3 cm³/mol. The van der Waals surface area contributed by atoms with Gasteiger partial charge in [-0.1, -0.05) is 16.8 Å². The molecule has 0 bridgehead atoms. The summed E-state index contributed by atoms with van der Waals surface area (Å²) in [5.74, 6) is -0.198. The Kier molecular flexibility index (Phi) is 4.92. The molecule has 1 aromatic carbocycles. The molecule has 2 rings (SSSR count). The summed E-state index contributed by atoms with van der Waals surface area (Å²) in [6.07, 6.45) is 0.851. The van der Waals surface area contributed by atoms with Crippen molar-refractivity contribution in [1.82, 2.24) is 0 Å². The highest BCUT2D eigenvalue weighted by Crippen LogP contribution is 2.25. The zero-order valence-electron chi connectivity index (χ0n) is 11.1. The molecule has 0 radical (unpaired) electrons. The first-order valence-corrected chi connectivity index (χ1v) is 8.23. The summed E-state index contributed by atoms with van der Waals surface area (Å²) in [6.45, 7) is 0.822. The monoisotopic (exact) mass is 333 g/mol. The third-order valence-electron chi connectivity index (χ3n) is 3.22. The Morgan fingerprint density at radius 1 is 1.43 bits per heavy atom. The van der Waals surface area contributed by atoms with Crippen LogP contribution in [0.4, 0.5) is 5.69 Å². The van der Waals surface area contributed by atoms with Crippen molar-refractivity contribution in [2.45, 2.75) is 18.1 Å². The van der Waals surface area contributed by atoms with Crippen LogP contribution in [0, 0.1) is 0 Å². The largest absolute Gasteiger partial charge is 0.409 e. The molecule has 0 unspecified atom stereocenters. The molecule has 1 fully saturated rings. The Morgan fingerprint density at radius 2 is 2.10 bits per heavy atom. The van der Waals surface area contributed by atoms with Crippen molar-refractivity contribution in [3.63, 3.8) is 0 Å². The van der Waals surface area contributed by atoms with E-state index in [4.69, 9.17) is 27.3 Å². The van der Waals surface area contributed by atoms with E-state index in [1.54, 1.807) is 0 Å². The Morgan fingerprint density at radius 3 is 2.71 bits per heavy atom. The van der Waals surface area contributed by atoms with Gasteiger partial charge in [-0.15, -0.1) is 0 Å². The van der Waals surface area contributed by atoms with Crippen molar-refractivity contribution < 1.29 is 18.4 Å². The van der Waals surface area contributed by atoms with Gasteiger partial charge in [0.2, 0.25) is 10.0 Å². The van der Waals surface area contributed by atoms with E-state index >= 15 is 0 Å². The van der Waals surface area contributed by atoms with Gasteiger partial charge in [0.05, 0.1) is 10.9 Å². The lowest BCUT2D eigenvalue weighted by Crippen LogP contribution is -2.33. The van der Waals surface area contributed by atoms with Gasteiger partial charge >= 0.3 is 0 Å². The van der Waals surface area contributed by atoms with Crippen molar-refractivity contribution in [2.75, 3.05) is 17.9 Å². The fourth-order valence-electron chi connectivity index (χ4n) is 2.10. The van der Waals surface area contributed by atoms with Crippen molar-refractivity contribution >= 4 is 33.1 Å². The maximum absolute atomic E-state index is 12.4. The van der Waals surface area contributed by atoms with E-state index in [2.05, 4.69) is 9.88 Å². The molecule has 0 aliphatic carbocycles. The van der Waals surface area contributed by atoms with Crippen LogP contribution in [0.1, 0.15) is 18.4 Å². The van der Waals surface area contributed by atoms with Crippen LogP contribution in [0.15, 0.2) is 23.4 Å². The molecule has 1 saturated heterocycles. The van der Waals surface area contributed by atoms with Gasteiger partial charge in [-0.2, -0.15) is 0 Å². The molecule has 21 heavy (non-hydrogen) atoms. The van der Waals surface area contributed by atoms with Gasteiger partial charge in [-0.05, 0) is 31.0 Å². The fraction of sp³-hybridized carbons (Fsp3) is 0.417. The summed E-state index contributed by atoms with van der Waals surface area (Å²) >= 11 is 5.88. The van der Waals surface area contributed by atoms with E-state index in [1.165, 1.54) is 18.2 Å². The van der Waals surface area contributed by atoms with Gasteiger partial charge in [-0.25, -0.2) is 8.42 Å². The summed E-state index contributed by atoms with van der Waals surface area (Å²) < 4.78 is 32.4. The second kappa shape index (κ2) is 6.50. The van der Waals surface area contributed by atoms with Crippen LogP contribution in [-0.4, -0.2) is 37.9 Å². The first-order valence-electron chi connectivity index (χ1n) is 6.31. The minimum Gasteiger partial charge on any atom is -0.409 e. The Hall–Kier alpha value is -1.51. The van der Waals surface area contributed by atoms with E-state index in [0.29, 0.717) is 31.1 Å². The number of rotatable bonds is 4. The first-order chi connectivity index (χ1) is 9.94. The van der Waals surface area contributed by atoms with Gasteiger partial charge in [0.1, 0.15) is 0 Å². The topological polar surface area (TPSA) is 114 Å². The van der Waals surface area contributed by atoms with Crippen LogP contribution in [0.2, 0.25) is 5.02 Å². The molecule has 4 N–H and O–H groups in total. The number of oxime groups is 1. The lowest BCUT2D eigenvalue weighted by atomic mass is 10.1. The van der Waals surface area contributed by atoms with Crippen molar-refractivity contribution in [2.24, 2.45) is 10.9 Å². The molecule has 0 saturated carbocycles. The standard InChI is InChI=1S/C12H16ClN3O4S/c13-8-1-2-10(12(14)15-17)11(7-8)16-21(18,19)9-3-5-20-6-4-9/h1-2,7,9,16-17H,3-6H2,(H2,14,15). The molecule has 0 atom stereocenters. The minimum absolute atomic E-state index is 0.185. The van der Waals surface area contributed by atoms with Gasteiger partial charge in [-0.3, -0.25) is 4.72 Å². The summed E-state index contributed by atoms with van der Waals surface area (Å²) in [5, 5.41) is 11.5. The number of nitrogens with zero attached hydrogens (tertiary/aromatic N) is 1. The van der Waals surface area contributed by atoms with E-state index in [9.17, 15) is 8.42 Å². The molecule has 116 valence electrons. The summed E-state index contributed by atoms with van der Waals surface area (Å²) in [4.78, 5) is 0. The highest BCUT2D eigenvalue weighted by atomic mass is 35.5. The molecule has 0 aromatic heterocycles. The smallest absolute Gasteiger partial charge is 0.235 e. The highest BCUT2D eigenvalue weighted by molar-refractivity contribution is 7.93. The summed E-state index contributed by atoms with van der Waals surface area (Å²) in [7, 11) is -3.60. The number of benzene rings is 1. The minimum atomic E-state index is -3.60. The quantitative estimate of drug-likeness (QED) is 0.333. The number of halogens is 1. The molecule has 1 aliphatic rings. The molecule has 1 aromatic rings. The molecule has 7 nitrogen and oxygen atoms in total. The Labute approximate surface area is 127 Å². The number of nitrogens with one attached hydrogen (secondary N) is 1. The third-order valence-corrected chi connectivity index (χ3v) is 5.31. The second-order valence-electron chi connectivity index (χ2n) is 4.63. The number of anilines is 1. The zero-order chi connectivity index (χ0) is 15.5. The maximum atomic E-state index is 12.4. The van der Waals surface area contributed by atoms with Gasteiger partial charge in [0.25, 0.3) is 0 Å². The average molecular weight is 334 g/mol. The van der Waals surface area contributed by atoms with Crippen LogP contribution >= 0.6 is 11.6 Å². The van der Waals surface area contributed by atoms with E-state index < -0.39 is 15.3 Å². The van der Waals surface area contributed by atoms with Crippen molar-refractivity contribution in [3.05, 3.63) is 28.8 Å². The fourth-order valence-corrected chi connectivity index (χ4v) is 3.73. The van der Waals surface area contributed by atoms with E-state index in [0.717, 1.165) is 0 Å². The zero-order valence-corrected chi connectivity index (χ0v) is 12.7. The van der Waals surface area contributed by atoms with E-state index in [1.807, 2.05) is 0 Å². The Balaban J connectivity index is 2.31. The molecular formula is C12H16ClN3O4S. The van der Waals surface area contributed by atoms with Crippen LogP contribution in [-0.2, 0) is 14.8 Å². The third kappa shape index (κ3) is 3.78. The van der Waals surface area contributed by atoms with Crippen molar-refractivity contribution in [3.8, 4) is 0 Å². The van der Waals surface area contributed by atoms with Crippen LogP contribution < -0.4 is 10.5 Å². The predicted octanol–water partition coefficient (Wildman–Crippen LogP) is 1.36. The van der Waals surface area contributed by atoms with Crippen LogP contribution in [0.3, 0.4) is 0 Å². The number of sulfonamides is 1. The number of hydrogen-bond donors (Lipinski definition) is 3. The lowest BCUT2D eigenvalue weighted by Gasteiger charge is -2.23. The molecule has 0 spiro atoms. The Bertz CT molecular complexity index is 642. The van der Waals surface area contributed by atoms with Crippen LogP contribution in [0.25, 0.3) is 0 Å². The van der Waals surface area contributed by atoms with Gasteiger partial charge in [0, 0.05) is 23.8 Å². The van der Waals surface area contributed by atoms with Gasteiger partial charge in [0.15, 0.2) is 5.84 Å². The normalized spacial score (nSPS) is 17.7. The molecular weight excluding hydrogens is 318 g/mol. The number of amidine groups is 1. The number of ether oxygens (including phenoxy) is 1. The first kappa shape index (κ1) is 15.9. The SMILES string of the molecule is NC(=NO)c1ccc(Cl)cc1NS(=O)(=O)C1CCOCC1. The second-order valence-corrected chi connectivity index (χ2v) is 7.03. The number of nitrogens with two attached hydrogens (primary N) is 1. The average Bonchev–Trinajstić information content (AvgIpc) is 2.47. The molecule has 0 amide bonds. The highest BCUT2D eigenvalue weighted by Gasteiger charge is 2.28. The van der Waals surface area contributed by atoms with E-state index in [-0.39, 0.29) is 17.1 Å². The van der Waals surface area contributed by atoms with Gasteiger partial charge < -0.3 is 15.7 Å². The molecule has 1 aliphatic heterocycles. The summed E-state index contributed by atoms with van der Waals surface area (Å²) in [6, 6.07) is 4.44. The summed E-state index contributed by atoms with van der Waals surface area (Å²) in [5.41, 5.74) is 5.99. The number of hydrogen-bond acceptors (Lipinski definition) is 5. The maximum Gasteiger partial charge on any atom is 0.235 e. The molecule has 1 heterocycles. The van der Waals surface area contributed by atoms with Crippen molar-refractivity contribution in [1.29, 1.82) is 0 Å².